The number of methoxy groups -OCH3 is 1. The van der Waals surface area contributed by atoms with E-state index in [1.54, 1.807) is 24.3 Å². The normalized spacial score (nSPS) is 26.0. The first-order valence-corrected chi connectivity index (χ1v) is 23.5. The van der Waals surface area contributed by atoms with E-state index < -0.39 is 78.0 Å². The number of nitrogens with one attached hydrogen (secondary N) is 2. The van der Waals surface area contributed by atoms with E-state index in [1.165, 1.54) is 18.1 Å². The lowest BCUT2D eigenvalue weighted by molar-refractivity contribution is -0.140. The fourth-order valence-corrected chi connectivity index (χ4v) is 11.8. The number of hydrogen-bond acceptors (Lipinski definition) is 8. The summed E-state index contributed by atoms with van der Waals surface area (Å²) < 4.78 is 62.2. The van der Waals surface area contributed by atoms with Crippen molar-refractivity contribution in [2.75, 3.05) is 13.7 Å². The molecule has 2 aliphatic heterocycles. The highest BCUT2D eigenvalue weighted by Crippen LogP contribution is 2.71. The van der Waals surface area contributed by atoms with Crippen molar-refractivity contribution in [2.45, 2.75) is 106 Å². The van der Waals surface area contributed by atoms with E-state index in [0.717, 1.165) is 49.8 Å². The van der Waals surface area contributed by atoms with E-state index in [2.05, 4.69) is 10.6 Å². The Morgan fingerprint density at radius 2 is 1.73 bits per heavy atom. The number of carbonyl (C=O) groups is 3. The van der Waals surface area contributed by atoms with Gasteiger partial charge in [0.25, 0.3) is 0 Å². The van der Waals surface area contributed by atoms with Crippen LogP contribution in [0.25, 0.3) is 22.2 Å². The van der Waals surface area contributed by atoms with Gasteiger partial charge in [0.05, 0.1) is 31.0 Å². The Labute approximate surface area is 363 Å². The molecule has 3 aromatic carbocycles. The highest BCUT2D eigenvalue weighted by molar-refractivity contribution is 7.59. The number of benzene rings is 3. The third-order valence-corrected chi connectivity index (χ3v) is 15.5. The Hall–Kier alpha value is -5.04. The maximum Gasteiger partial charge on any atom is 0.408 e. The van der Waals surface area contributed by atoms with Crippen molar-refractivity contribution in [1.29, 1.82) is 0 Å². The van der Waals surface area contributed by atoms with Crippen molar-refractivity contribution >= 4 is 47.8 Å². The molecule has 328 valence electrons. The molecule has 0 bridgehead atoms. The van der Waals surface area contributed by atoms with Crippen LogP contribution >= 0.6 is 19.0 Å². The molecule has 8 rings (SSSR count). The maximum absolute atomic E-state index is 14.9. The van der Waals surface area contributed by atoms with Crippen molar-refractivity contribution < 1.29 is 46.8 Å². The van der Waals surface area contributed by atoms with Crippen LogP contribution in [-0.2, 0) is 25.1 Å². The third kappa shape index (κ3) is 9.05. The standard InChI is InChI=1S/C46H50ClF2N4O8P/c1-59-39-22-21-32-40(24-37(50-42(32)41(39)47)28-13-6-5-7-14-28)60-31-23-38-43(54)52-46(62(57,58)27-33-34(48)18-12-19-35(33)49)25-29(46)15-8-3-2-4-9-20-36(44(55)53(38)26-31)51-45(56)61-30-16-10-11-17-30/h5-8,12-15,18-19,21-22,24,29-31,36,38H,2-4,9-11,16-17,20,23,25-27H2,1H3,(H,51,56)(H,52,54)(H,57,58)/b15-8-/t29-,31+,36-,38-,46-/m0/s1. The fourth-order valence-electron chi connectivity index (χ4n) is 9.09. The zero-order valence-electron chi connectivity index (χ0n) is 34.4. The molecule has 4 aliphatic rings. The Morgan fingerprint density at radius 3 is 2.47 bits per heavy atom. The first-order valence-electron chi connectivity index (χ1n) is 21.3. The molecule has 0 spiro atoms. The molecule has 3 fully saturated rings. The van der Waals surface area contributed by atoms with E-state index in [9.17, 15) is 32.6 Å². The summed E-state index contributed by atoms with van der Waals surface area (Å²) in [6, 6.07) is 15.6. The lowest BCUT2D eigenvalue weighted by Gasteiger charge is -2.31. The highest BCUT2D eigenvalue weighted by Gasteiger charge is 2.66. The number of amides is 3. The monoisotopic (exact) mass is 890 g/mol. The predicted molar refractivity (Wildman–Crippen MR) is 230 cm³/mol. The van der Waals surface area contributed by atoms with Crippen LogP contribution in [0.2, 0.25) is 5.02 Å². The van der Waals surface area contributed by atoms with Gasteiger partial charge < -0.3 is 34.6 Å². The fraction of sp³-hybridized carbons (Fsp3) is 0.435. The van der Waals surface area contributed by atoms with Crippen LogP contribution in [0.3, 0.4) is 0 Å². The molecule has 3 N–H and O–H groups in total. The summed E-state index contributed by atoms with van der Waals surface area (Å²) in [5.41, 5.74) is 1.20. The Bertz CT molecular complexity index is 2400. The molecule has 2 aliphatic carbocycles. The summed E-state index contributed by atoms with van der Waals surface area (Å²) in [4.78, 5) is 60.8. The van der Waals surface area contributed by atoms with Gasteiger partial charge in [0.15, 0.2) is 0 Å². The molecule has 4 aromatic rings. The molecule has 0 radical (unpaired) electrons. The van der Waals surface area contributed by atoms with Crippen molar-refractivity contribution in [3.63, 3.8) is 0 Å². The molecule has 1 unspecified atom stereocenters. The number of aromatic nitrogens is 1. The lowest BCUT2D eigenvalue weighted by atomic mass is 10.0. The highest BCUT2D eigenvalue weighted by atomic mass is 35.5. The lowest BCUT2D eigenvalue weighted by Crippen LogP contribution is -2.55. The summed E-state index contributed by atoms with van der Waals surface area (Å²) >= 11 is 6.82. The number of alkyl carbamates (subject to hydrolysis) is 1. The zero-order chi connectivity index (χ0) is 43.6. The molecular weight excluding hydrogens is 841 g/mol. The SMILES string of the molecule is COc1ccc2c(O[C@@H]3C[C@H]4C(=O)N[C@]5(P(=O)(O)Cc6c(F)cccc6F)C[C@@H]5/C=C\CCCCC[C@H](NC(=O)OC5CCCC5)C(=O)N4C3)cc(-c3ccccc3)nc2c1Cl. The number of allylic oxidation sites excluding steroid dienone is 1. The van der Waals surface area contributed by atoms with Crippen LogP contribution in [0.5, 0.6) is 11.5 Å². The quantitative estimate of drug-likeness (QED) is 0.110. The second-order valence-electron chi connectivity index (χ2n) is 16.7. The van der Waals surface area contributed by atoms with Crippen LogP contribution in [0.1, 0.15) is 76.2 Å². The van der Waals surface area contributed by atoms with E-state index >= 15 is 0 Å². The number of pyridine rings is 1. The number of halogens is 3. The Balaban J connectivity index is 1.15. The Morgan fingerprint density at radius 1 is 0.984 bits per heavy atom. The minimum absolute atomic E-state index is 0.0422. The largest absolute Gasteiger partial charge is 0.495 e. The van der Waals surface area contributed by atoms with Gasteiger partial charge in [-0.15, -0.1) is 0 Å². The van der Waals surface area contributed by atoms with Crippen molar-refractivity contribution in [3.05, 3.63) is 101 Å². The van der Waals surface area contributed by atoms with Crippen molar-refractivity contribution in [3.8, 4) is 22.8 Å². The summed E-state index contributed by atoms with van der Waals surface area (Å²) in [6.45, 7) is -0.0886. The van der Waals surface area contributed by atoms with Gasteiger partial charge in [-0.1, -0.05) is 73.0 Å². The number of carbonyl (C=O) groups excluding carboxylic acids is 3. The molecular formula is C46H50ClF2N4O8P. The van der Waals surface area contributed by atoms with Gasteiger partial charge in [-0.2, -0.15) is 0 Å². The average Bonchev–Trinajstić information content (AvgIpc) is 3.52. The number of nitrogens with zero attached hydrogens (tertiary/aromatic N) is 2. The summed E-state index contributed by atoms with van der Waals surface area (Å²) in [6.07, 6.45) is 7.36. The summed E-state index contributed by atoms with van der Waals surface area (Å²) in [5, 5.41) is 4.71. The first-order chi connectivity index (χ1) is 29.9. The molecule has 3 amide bonds. The summed E-state index contributed by atoms with van der Waals surface area (Å²) in [7, 11) is -3.09. The smallest absolute Gasteiger partial charge is 0.408 e. The van der Waals surface area contributed by atoms with Crippen molar-refractivity contribution in [2.24, 2.45) is 5.92 Å². The van der Waals surface area contributed by atoms with E-state index in [0.29, 0.717) is 47.4 Å². The molecule has 16 heteroatoms. The van der Waals surface area contributed by atoms with Crippen LogP contribution in [0.4, 0.5) is 13.6 Å². The van der Waals surface area contributed by atoms with Gasteiger partial charge in [0.1, 0.15) is 57.7 Å². The number of ether oxygens (including phenoxy) is 3. The Kier molecular flexibility index (Phi) is 12.9. The third-order valence-electron chi connectivity index (χ3n) is 12.6. The second-order valence-corrected chi connectivity index (χ2v) is 19.6. The van der Waals surface area contributed by atoms with Crippen LogP contribution in [-0.4, -0.2) is 75.9 Å². The van der Waals surface area contributed by atoms with Crippen LogP contribution < -0.4 is 20.1 Å². The number of hydrogen-bond donors (Lipinski definition) is 3. The molecule has 6 atom stereocenters. The summed E-state index contributed by atoms with van der Waals surface area (Å²) in [5.74, 6) is -3.03. The van der Waals surface area contributed by atoms with Gasteiger partial charge in [-0.3, -0.25) is 14.2 Å². The molecule has 1 aromatic heterocycles. The van der Waals surface area contributed by atoms with Gasteiger partial charge in [-0.05, 0) is 75.6 Å². The number of rotatable bonds is 9. The van der Waals surface area contributed by atoms with Gasteiger partial charge in [0.2, 0.25) is 19.2 Å². The first kappa shape index (κ1) is 43.6. The predicted octanol–water partition coefficient (Wildman–Crippen LogP) is 9.05. The van der Waals surface area contributed by atoms with Gasteiger partial charge in [0, 0.05) is 34.9 Å². The van der Waals surface area contributed by atoms with Crippen molar-refractivity contribution in [1.82, 2.24) is 20.5 Å². The van der Waals surface area contributed by atoms with Gasteiger partial charge >= 0.3 is 6.09 Å². The molecule has 1 saturated heterocycles. The van der Waals surface area contributed by atoms with Gasteiger partial charge in [-0.25, -0.2) is 18.6 Å². The van der Waals surface area contributed by atoms with E-state index in [-0.39, 0.29) is 36.9 Å². The average molecular weight is 891 g/mol. The van der Waals surface area contributed by atoms with E-state index in [4.69, 9.17) is 30.8 Å². The van der Waals surface area contributed by atoms with E-state index in [1.807, 2.05) is 36.4 Å². The molecule has 3 heterocycles. The topological polar surface area (TPSA) is 156 Å². The molecule has 2 saturated carbocycles. The zero-order valence-corrected chi connectivity index (χ0v) is 36.0. The second kappa shape index (κ2) is 18.4. The molecule has 62 heavy (non-hydrogen) atoms. The maximum atomic E-state index is 14.9. The minimum atomic E-state index is -4.59. The number of fused-ring (bicyclic) bond motifs is 3. The molecule has 12 nitrogen and oxygen atoms in total. The minimum Gasteiger partial charge on any atom is -0.495 e. The van der Waals surface area contributed by atoms with Crippen LogP contribution in [0, 0.1) is 17.6 Å². The van der Waals surface area contributed by atoms with Crippen LogP contribution in [0.15, 0.2) is 78.9 Å².